The average molecular weight is 436 g/mol. The molecule has 1 aliphatic carbocycles. The van der Waals surface area contributed by atoms with Gasteiger partial charge < -0.3 is 19.9 Å². The van der Waals surface area contributed by atoms with Gasteiger partial charge in [0, 0.05) is 23.4 Å². The Hall–Kier alpha value is -1.89. The van der Waals surface area contributed by atoms with Crippen LogP contribution in [-0.4, -0.2) is 35.7 Å². The molecular weight excluding hydrogens is 406 g/mol. The van der Waals surface area contributed by atoms with Crippen LogP contribution in [-0.2, 0) is 24.8 Å². The van der Waals surface area contributed by atoms with Crippen LogP contribution in [0.3, 0.4) is 0 Å². The van der Waals surface area contributed by atoms with E-state index in [1.807, 2.05) is 24.3 Å². The topological polar surface area (TPSA) is 84.9 Å². The van der Waals surface area contributed by atoms with Crippen molar-refractivity contribution >= 4 is 23.5 Å². The van der Waals surface area contributed by atoms with Gasteiger partial charge in [-0.25, -0.2) is 4.79 Å². The molecule has 1 unspecified atom stereocenters. The number of rotatable bonds is 8. The normalized spacial score (nSPS) is 25.3. The predicted molar refractivity (Wildman–Crippen MR) is 114 cm³/mol. The maximum Gasteiger partial charge on any atom is 0.329 e. The van der Waals surface area contributed by atoms with Crippen LogP contribution in [0.15, 0.2) is 36.9 Å². The minimum atomic E-state index is -1.28. The van der Waals surface area contributed by atoms with Crippen LogP contribution < -0.4 is 5.32 Å². The van der Waals surface area contributed by atoms with Crippen molar-refractivity contribution in [3.63, 3.8) is 0 Å². The van der Waals surface area contributed by atoms with E-state index in [1.165, 1.54) is 6.92 Å². The number of ether oxygens (including phenoxy) is 2. The van der Waals surface area contributed by atoms with Crippen molar-refractivity contribution in [3.8, 4) is 0 Å². The van der Waals surface area contributed by atoms with Gasteiger partial charge in [0.05, 0.1) is 13.2 Å². The quantitative estimate of drug-likeness (QED) is 0.595. The summed E-state index contributed by atoms with van der Waals surface area (Å²) in [6, 6.07) is 7.53. The van der Waals surface area contributed by atoms with E-state index in [4.69, 9.17) is 21.1 Å². The van der Waals surface area contributed by atoms with Crippen molar-refractivity contribution in [3.05, 3.63) is 47.5 Å². The largest absolute Gasteiger partial charge is 0.479 e. The maximum atomic E-state index is 12.3. The van der Waals surface area contributed by atoms with Crippen molar-refractivity contribution in [2.45, 2.75) is 56.8 Å². The van der Waals surface area contributed by atoms with E-state index < -0.39 is 17.3 Å². The van der Waals surface area contributed by atoms with Crippen molar-refractivity contribution in [2.24, 2.45) is 11.8 Å². The summed E-state index contributed by atoms with van der Waals surface area (Å²) in [6.45, 7) is 6.12. The highest BCUT2D eigenvalue weighted by Crippen LogP contribution is 2.48. The first kappa shape index (κ1) is 22.8. The van der Waals surface area contributed by atoms with Crippen molar-refractivity contribution < 1.29 is 24.2 Å². The smallest absolute Gasteiger partial charge is 0.329 e. The van der Waals surface area contributed by atoms with Gasteiger partial charge in [-0.05, 0) is 56.6 Å². The molecule has 164 valence electrons. The number of carbonyl (C=O) groups excluding carboxylic acids is 1. The molecule has 1 aliphatic heterocycles. The molecule has 7 heteroatoms. The highest BCUT2D eigenvalue weighted by atomic mass is 35.5. The molecule has 2 N–H and O–H groups in total. The molecule has 1 amide bonds. The van der Waals surface area contributed by atoms with E-state index >= 15 is 0 Å². The molecule has 1 aromatic rings. The highest BCUT2D eigenvalue weighted by molar-refractivity contribution is 6.30. The van der Waals surface area contributed by atoms with E-state index in [1.54, 1.807) is 6.08 Å². The first-order valence-corrected chi connectivity index (χ1v) is 10.9. The molecule has 0 aromatic heterocycles. The zero-order chi connectivity index (χ0) is 21.8. The summed E-state index contributed by atoms with van der Waals surface area (Å²) < 4.78 is 12.3. The summed E-state index contributed by atoms with van der Waals surface area (Å²) in [5.74, 6) is -2.21. The number of aliphatic carboxylic acids is 1. The fourth-order valence-corrected chi connectivity index (χ4v) is 5.19. The number of carboxylic acid groups (broad SMARTS) is 1. The number of hydrogen-bond acceptors (Lipinski definition) is 4. The zero-order valence-electron chi connectivity index (χ0n) is 17.4. The Kier molecular flexibility index (Phi) is 7.22. The van der Waals surface area contributed by atoms with Gasteiger partial charge in [-0.3, -0.25) is 4.79 Å². The lowest BCUT2D eigenvalue weighted by molar-refractivity contribution is -0.214. The van der Waals surface area contributed by atoms with Gasteiger partial charge in [0.25, 0.3) is 0 Å². The number of amides is 1. The van der Waals surface area contributed by atoms with E-state index in [-0.39, 0.29) is 17.7 Å². The Morgan fingerprint density at radius 1 is 1.23 bits per heavy atom. The number of halogens is 1. The standard InChI is InChI=1S/C23H30ClNO5/c1-3-4-13-22(21(27)28,25-16(2)26)17-5-7-18(8-6-17)23(29-14-15-30-23)19-9-11-20(24)12-10-19/h3,9-12,17-18H,1,4-8,13-15H2,2H3,(H,25,26)(H,27,28). The van der Waals surface area contributed by atoms with E-state index in [9.17, 15) is 14.7 Å². The van der Waals surface area contributed by atoms with Gasteiger partial charge in [-0.2, -0.15) is 0 Å². The lowest BCUT2D eigenvalue weighted by Gasteiger charge is -2.45. The highest BCUT2D eigenvalue weighted by Gasteiger charge is 2.52. The van der Waals surface area contributed by atoms with Crippen molar-refractivity contribution in [2.75, 3.05) is 13.2 Å². The minimum absolute atomic E-state index is 0.0978. The minimum Gasteiger partial charge on any atom is -0.479 e. The molecule has 1 saturated carbocycles. The third-order valence-corrected chi connectivity index (χ3v) is 6.70. The SMILES string of the molecule is C=CCCC(NC(C)=O)(C(=O)O)C1CCC(C2(c3ccc(Cl)cc3)OCCO2)CC1. The summed E-state index contributed by atoms with van der Waals surface area (Å²) in [6.07, 6.45) is 5.36. The molecule has 0 radical (unpaired) electrons. The Labute approximate surface area is 182 Å². The van der Waals surface area contributed by atoms with Crippen LogP contribution in [0.4, 0.5) is 0 Å². The summed E-state index contributed by atoms with van der Waals surface area (Å²) in [4.78, 5) is 24.2. The predicted octanol–water partition coefficient (Wildman–Crippen LogP) is 4.27. The lowest BCUT2D eigenvalue weighted by Crippen LogP contribution is -2.60. The summed E-state index contributed by atoms with van der Waals surface area (Å²) in [5, 5.41) is 13.5. The lowest BCUT2D eigenvalue weighted by atomic mass is 9.67. The van der Waals surface area contributed by atoms with Gasteiger partial charge in [-0.15, -0.1) is 6.58 Å². The molecular formula is C23H30ClNO5. The number of carbonyl (C=O) groups is 2. The van der Waals surface area contributed by atoms with Crippen LogP contribution >= 0.6 is 11.6 Å². The third kappa shape index (κ3) is 4.41. The first-order chi connectivity index (χ1) is 14.3. The number of carboxylic acids is 1. The molecule has 1 heterocycles. The molecule has 2 aliphatic rings. The number of allylic oxidation sites excluding steroid dienone is 1. The Morgan fingerprint density at radius 2 is 1.83 bits per heavy atom. The van der Waals surface area contributed by atoms with E-state index in [0.717, 1.165) is 18.4 Å². The van der Waals surface area contributed by atoms with Crippen LogP contribution in [0.2, 0.25) is 5.02 Å². The van der Waals surface area contributed by atoms with Crippen molar-refractivity contribution in [1.29, 1.82) is 0 Å². The first-order valence-electron chi connectivity index (χ1n) is 10.5. The third-order valence-electron chi connectivity index (χ3n) is 6.45. The van der Waals surface area contributed by atoms with Gasteiger partial charge in [0.1, 0.15) is 5.54 Å². The second kappa shape index (κ2) is 9.50. The Balaban J connectivity index is 1.81. The average Bonchev–Trinajstić information content (AvgIpc) is 3.22. The Bertz CT molecular complexity index is 766. The molecule has 0 spiro atoms. The van der Waals surface area contributed by atoms with Crippen LogP contribution in [0.25, 0.3) is 0 Å². The fourth-order valence-electron chi connectivity index (χ4n) is 5.06. The number of nitrogens with one attached hydrogen (secondary N) is 1. The maximum absolute atomic E-state index is 12.3. The van der Waals surface area contributed by atoms with Crippen molar-refractivity contribution in [1.82, 2.24) is 5.32 Å². The molecule has 0 bridgehead atoms. The van der Waals surface area contributed by atoms with Gasteiger partial charge in [-0.1, -0.05) is 29.8 Å². The summed E-state index contributed by atoms with van der Waals surface area (Å²) in [7, 11) is 0. The van der Waals surface area contributed by atoms with E-state index in [0.29, 0.717) is 43.9 Å². The van der Waals surface area contributed by atoms with Gasteiger partial charge in [0.15, 0.2) is 5.79 Å². The molecule has 1 aromatic carbocycles. The number of benzene rings is 1. The number of hydrogen-bond donors (Lipinski definition) is 2. The molecule has 2 fully saturated rings. The second-order valence-corrected chi connectivity index (χ2v) is 8.64. The molecule has 3 rings (SSSR count). The van der Waals surface area contributed by atoms with Crippen LogP contribution in [0, 0.1) is 11.8 Å². The van der Waals surface area contributed by atoms with Crippen LogP contribution in [0.5, 0.6) is 0 Å². The summed E-state index contributed by atoms with van der Waals surface area (Å²) in [5.41, 5.74) is -0.346. The molecule has 6 nitrogen and oxygen atoms in total. The van der Waals surface area contributed by atoms with E-state index in [2.05, 4.69) is 11.9 Å². The van der Waals surface area contributed by atoms with Gasteiger partial charge >= 0.3 is 5.97 Å². The zero-order valence-corrected chi connectivity index (χ0v) is 18.1. The molecule has 1 saturated heterocycles. The molecule has 1 atom stereocenters. The van der Waals surface area contributed by atoms with Gasteiger partial charge in [0.2, 0.25) is 5.91 Å². The Morgan fingerprint density at radius 3 is 2.33 bits per heavy atom. The monoisotopic (exact) mass is 435 g/mol. The molecule has 30 heavy (non-hydrogen) atoms. The second-order valence-electron chi connectivity index (χ2n) is 8.20. The fraction of sp³-hybridized carbons (Fsp3) is 0.565. The van der Waals surface area contributed by atoms with Crippen LogP contribution in [0.1, 0.15) is 51.0 Å². The summed E-state index contributed by atoms with van der Waals surface area (Å²) >= 11 is 6.05.